The molecule has 0 heterocycles. The van der Waals surface area contributed by atoms with Crippen molar-refractivity contribution in [3.8, 4) is 0 Å². The Labute approximate surface area is 324 Å². The van der Waals surface area contributed by atoms with Gasteiger partial charge in [0.25, 0.3) is 0 Å². The lowest BCUT2D eigenvalue weighted by Gasteiger charge is -2.20. The van der Waals surface area contributed by atoms with Gasteiger partial charge in [0.15, 0.2) is 6.10 Å². The molecule has 0 fully saturated rings. The number of hydrogen-bond donors (Lipinski definition) is 3. The third-order valence-electron chi connectivity index (χ3n) is 7.72. The summed E-state index contributed by atoms with van der Waals surface area (Å²) in [5.74, 6) is -2.47. The van der Waals surface area contributed by atoms with Crippen LogP contribution < -0.4 is 5.73 Å². The second-order valence-corrected chi connectivity index (χ2v) is 14.2. The van der Waals surface area contributed by atoms with Crippen LogP contribution in [0, 0.1) is 0 Å². The Balaban J connectivity index is 4.56. The number of phosphoric acid groups is 1. The summed E-state index contributed by atoms with van der Waals surface area (Å²) in [6.07, 6.45) is 43.7. The van der Waals surface area contributed by atoms with E-state index in [1.165, 1.54) is 19.3 Å². The summed E-state index contributed by atoms with van der Waals surface area (Å²) in [5, 5.41) is 8.87. The summed E-state index contributed by atoms with van der Waals surface area (Å²) >= 11 is 0. The summed E-state index contributed by atoms with van der Waals surface area (Å²) in [4.78, 5) is 45.8. The maximum atomic E-state index is 12.6. The second kappa shape index (κ2) is 36.6. The molecule has 0 radical (unpaired) electrons. The zero-order chi connectivity index (χ0) is 40.0. The molecule has 4 N–H and O–H groups in total. The van der Waals surface area contributed by atoms with Crippen LogP contribution in [0.25, 0.3) is 0 Å². The van der Waals surface area contributed by atoms with Crippen LogP contribution in [-0.4, -0.2) is 59.9 Å². The minimum atomic E-state index is -4.73. The maximum absolute atomic E-state index is 12.6. The van der Waals surface area contributed by atoms with Crippen molar-refractivity contribution >= 4 is 25.7 Å². The number of esters is 2. The molecule has 0 aliphatic carbocycles. The quantitative estimate of drug-likeness (QED) is 0.0184. The van der Waals surface area contributed by atoms with Gasteiger partial charge in [-0.25, -0.2) is 4.57 Å². The van der Waals surface area contributed by atoms with Crippen molar-refractivity contribution in [2.45, 2.75) is 142 Å². The Hall–Kier alpha value is -3.34. The highest BCUT2D eigenvalue weighted by atomic mass is 31.2. The van der Waals surface area contributed by atoms with Crippen molar-refractivity contribution in [2.75, 3.05) is 19.8 Å². The fourth-order valence-corrected chi connectivity index (χ4v) is 5.39. The van der Waals surface area contributed by atoms with Crippen molar-refractivity contribution < 1.29 is 47.5 Å². The number of rotatable bonds is 35. The Kier molecular flexibility index (Phi) is 34.4. The molecular weight excluding hydrogens is 709 g/mol. The number of unbranched alkanes of at least 4 members (excludes halogenated alkanes) is 10. The number of phosphoric ester groups is 1. The van der Waals surface area contributed by atoms with Gasteiger partial charge in [0.1, 0.15) is 12.6 Å². The molecule has 0 bridgehead atoms. The van der Waals surface area contributed by atoms with Crippen molar-refractivity contribution in [2.24, 2.45) is 5.73 Å². The molecule has 3 atom stereocenters. The molecule has 1 unspecified atom stereocenters. The van der Waals surface area contributed by atoms with Gasteiger partial charge in [-0.05, 0) is 70.6 Å². The van der Waals surface area contributed by atoms with Crippen LogP contribution in [-0.2, 0) is 37.5 Å². The molecule has 0 saturated heterocycles. The van der Waals surface area contributed by atoms with E-state index >= 15 is 0 Å². The minimum absolute atomic E-state index is 0.121. The largest absolute Gasteiger partial charge is 0.480 e. The van der Waals surface area contributed by atoms with E-state index in [0.717, 1.165) is 70.6 Å². The number of carbonyl (C=O) groups is 3. The first kappa shape index (κ1) is 50.7. The van der Waals surface area contributed by atoms with E-state index < -0.39 is 51.1 Å². The standard InChI is InChI=1S/C42H68NO10P/c1-3-5-7-9-11-13-15-17-19-21-23-25-27-29-31-33-40(44)50-35-38(36-51-54(48,49)52-37-39(43)42(46)47)53-41(45)34-32-30-28-26-24-22-20-18-16-14-12-10-8-6-4-2/h6,8,10-14,16-20,23,25,38-39H,3-5,7,9,15,21-22,24,26-37,43H2,1-2H3,(H,46,47)(H,48,49)/b8-6+,12-10+,13-11+,16-14+,19-17+,20-18+,25-23+/t38-,39+/m1/s1. The Bertz CT molecular complexity index is 1240. The minimum Gasteiger partial charge on any atom is -0.480 e. The number of carboxylic acids is 1. The van der Waals surface area contributed by atoms with E-state index in [1.54, 1.807) is 0 Å². The van der Waals surface area contributed by atoms with E-state index in [-0.39, 0.29) is 19.4 Å². The SMILES string of the molecule is CC/C=C/C=C/C=C/C=C/CCCCCCCC(=O)O[C@H](COC(=O)CCCC/C=C/C/C=C/C/C=C/CCCCC)COP(=O)(O)OC[C@H](N)C(=O)O. The molecule has 0 rings (SSSR count). The lowest BCUT2D eigenvalue weighted by atomic mass is 10.1. The molecule has 0 amide bonds. The van der Waals surface area contributed by atoms with Gasteiger partial charge in [0.05, 0.1) is 13.2 Å². The topological polar surface area (TPSA) is 172 Å². The molecule has 0 aromatic rings. The fraction of sp³-hybridized carbons (Fsp3) is 0.595. The van der Waals surface area contributed by atoms with E-state index in [4.69, 9.17) is 24.8 Å². The molecule has 54 heavy (non-hydrogen) atoms. The average Bonchev–Trinajstić information content (AvgIpc) is 3.14. The van der Waals surface area contributed by atoms with Crippen LogP contribution in [0.3, 0.4) is 0 Å². The number of hydrogen-bond acceptors (Lipinski definition) is 9. The van der Waals surface area contributed by atoms with Gasteiger partial charge < -0.3 is 25.2 Å². The van der Waals surface area contributed by atoms with Gasteiger partial charge in [0.2, 0.25) is 0 Å². The van der Waals surface area contributed by atoms with Crippen LogP contribution in [0.15, 0.2) is 85.1 Å². The smallest absolute Gasteiger partial charge is 0.472 e. The van der Waals surface area contributed by atoms with Crippen LogP contribution in [0.5, 0.6) is 0 Å². The zero-order valence-corrected chi connectivity index (χ0v) is 33.7. The predicted molar refractivity (Wildman–Crippen MR) is 217 cm³/mol. The third kappa shape index (κ3) is 35.7. The van der Waals surface area contributed by atoms with Crippen LogP contribution in [0.1, 0.15) is 129 Å². The Morgan fingerprint density at radius 3 is 1.76 bits per heavy atom. The molecule has 12 heteroatoms. The highest BCUT2D eigenvalue weighted by molar-refractivity contribution is 7.47. The second-order valence-electron chi connectivity index (χ2n) is 12.8. The first-order valence-corrected chi connectivity index (χ1v) is 21.2. The molecule has 0 spiro atoms. The first-order chi connectivity index (χ1) is 26.1. The highest BCUT2D eigenvalue weighted by Gasteiger charge is 2.28. The van der Waals surface area contributed by atoms with Gasteiger partial charge in [-0.2, -0.15) is 0 Å². The summed E-state index contributed by atoms with van der Waals surface area (Å²) in [6, 6.07) is -1.53. The van der Waals surface area contributed by atoms with Crippen molar-refractivity contribution in [3.05, 3.63) is 85.1 Å². The number of carbonyl (C=O) groups excluding carboxylic acids is 2. The number of nitrogens with two attached hydrogens (primary N) is 1. The van der Waals surface area contributed by atoms with E-state index in [9.17, 15) is 23.8 Å². The number of ether oxygens (including phenoxy) is 2. The summed E-state index contributed by atoms with van der Waals surface area (Å²) in [7, 11) is -4.73. The lowest BCUT2D eigenvalue weighted by Crippen LogP contribution is -2.34. The molecule has 11 nitrogen and oxygen atoms in total. The first-order valence-electron chi connectivity index (χ1n) is 19.7. The van der Waals surface area contributed by atoms with Crippen molar-refractivity contribution in [1.29, 1.82) is 0 Å². The molecular formula is C42H68NO10P. The van der Waals surface area contributed by atoms with Gasteiger partial charge in [-0.3, -0.25) is 23.4 Å². The third-order valence-corrected chi connectivity index (χ3v) is 8.67. The summed E-state index contributed by atoms with van der Waals surface area (Å²) < 4.78 is 32.5. The van der Waals surface area contributed by atoms with Crippen LogP contribution >= 0.6 is 7.82 Å². The fourth-order valence-electron chi connectivity index (χ4n) is 4.61. The molecule has 0 aliphatic rings. The molecule has 0 aromatic heterocycles. The predicted octanol–water partition coefficient (Wildman–Crippen LogP) is 9.94. The number of allylic oxidation sites excluding steroid dienone is 14. The summed E-state index contributed by atoms with van der Waals surface area (Å²) in [6.45, 7) is 2.53. The van der Waals surface area contributed by atoms with Gasteiger partial charge in [-0.15, -0.1) is 0 Å². The van der Waals surface area contributed by atoms with E-state index in [0.29, 0.717) is 12.8 Å². The van der Waals surface area contributed by atoms with E-state index in [2.05, 4.69) is 67.0 Å². The molecule has 0 saturated carbocycles. The van der Waals surface area contributed by atoms with Crippen molar-refractivity contribution in [1.82, 2.24) is 0 Å². The zero-order valence-electron chi connectivity index (χ0n) is 32.8. The van der Waals surface area contributed by atoms with Gasteiger partial charge >= 0.3 is 25.7 Å². The van der Waals surface area contributed by atoms with Crippen molar-refractivity contribution in [3.63, 3.8) is 0 Å². The Morgan fingerprint density at radius 2 is 1.11 bits per heavy atom. The number of carboxylic acid groups (broad SMARTS) is 1. The number of aliphatic carboxylic acids is 1. The van der Waals surface area contributed by atoms with Crippen LogP contribution in [0.2, 0.25) is 0 Å². The lowest BCUT2D eigenvalue weighted by molar-refractivity contribution is -0.161. The van der Waals surface area contributed by atoms with Crippen LogP contribution in [0.4, 0.5) is 0 Å². The Morgan fingerprint density at radius 1 is 0.611 bits per heavy atom. The van der Waals surface area contributed by atoms with Gasteiger partial charge in [-0.1, -0.05) is 131 Å². The monoisotopic (exact) mass is 777 g/mol. The molecule has 0 aliphatic heterocycles. The van der Waals surface area contributed by atoms with E-state index in [1.807, 2.05) is 36.5 Å². The average molecular weight is 778 g/mol. The molecule has 306 valence electrons. The molecule has 0 aromatic carbocycles. The maximum Gasteiger partial charge on any atom is 0.472 e. The normalized spacial score (nSPS) is 14.7. The van der Waals surface area contributed by atoms with Gasteiger partial charge in [0, 0.05) is 12.8 Å². The highest BCUT2D eigenvalue weighted by Crippen LogP contribution is 2.43. The summed E-state index contributed by atoms with van der Waals surface area (Å²) in [5.41, 5.74) is 5.31.